The number of hydrogen-bond acceptors (Lipinski definition) is 4. The Morgan fingerprint density at radius 1 is 1.17 bits per heavy atom. The summed E-state index contributed by atoms with van der Waals surface area (Å²) in [7, 11) is 0. The van der Waals surface area contributed by atoms with Crippen LogP contribution in [-0.4, -0.2) is 29.6 Å². The standard InChI is InChI=1S/C24H32ClNO3/c1-4-24(26,15-27)16-29-14-21-11-10-20(13-22(21)25)23(28)7-5-6-19-9-8-17(2)12-18(19)3/h8-13,27H,4-7,14-16,26H2,1-3H3. The molecule has 0 aliphatic rings. The third-order valence-electron chi connectivity index (χ3n) is 5.39. The number of rotatable bonds is 11. The molecule has 0 heterocycles. The molecule has 0 aliphatic heterocycles. The molecule has 0 amide bonds. The van der Waals surface area contributed by atoms with Crippen molar-refractivity contribution in [3.8, 4) is 0 Å². The predicted molar refractivity (Wildman–Crippen MR) is 119 cm³/mol. The van der Waals surface area contributed by atoms with Crippen LogP contribution in [0.4, 0.5) is 0 Å². The Hall–Kier alpha value is -1.72. The van der Waals surface area contributed by atoms with E-state index in [0.717, 1.165) is 18.4 Å². The molecule has 0 bridgehead atoms. The molecule has 2 rings (SSSR count). The molecule has 2 aromatic rings. The fourth-order valence-electron chi connectivity index (χ4n) is 3.17. The topological polar surface area (TPSA) is 72.6 Å². The maximum Gasteiger partial charge on any atom is 0.162 e. The van der Waals surface area contributed by atoms with E-state index in [1.807, 2.05) is 13.0 Å². The number of carbonyl (C=O) groups excluding carboxylic acids is 1. The van der Waals surface area contributed by atoms with Gasteiger partial charge in [0.2, 0.25) is 0 Å². The molecule has 158 valence electrons. The number of aliphatic hydroxyl groups is 1. The van der Waals surface area contributed by atoms with Gasteiger partial charge in [0.05, 0.1) is 25.4 Å². The zero-order valence-corrected chi connectivity index (χ0v) is 18.4. The van der Waals surface area contributed by atoms with Gasteiger partial charge in [-0.2, -0.15) is 0 Å². The molecule has 0 saturated heterocycles. The van der Waals surface area contributed by atoms with Crippen LogP contribution in [0.25, 0.3) is 0 Å². The van der Waals surface area contributed by atoms with Gasteiger partial charge in [0, 0.05) is 17.0 Å². The Balaban J connectivity index is 1.87. The quantitative estimate of drug-likeness (QED) is 0.516. The van der Waals surface area contributed by atoms with Crippen LogP contribution in [0.3, 0.4) is 0 Å². The maximum absolute atomic E-state index is 12.5. The minimum atomic E-state index is -0.738. The minimum absolute atomic E-state index is 0.0939. The lowest BCUT2D eigenvalue weighted by molar-refractivity contribution is 0.0441. The van der Waals surface area contributed by atoms with Gasteiger partial charge in [-0.15, -0.1) is 0 Å². The van der Waals surface area contributed by atoms with Crippen molar-refractivity contribution >= 4 is 17.4 Å². The van der Waals surface area contributed by atoms with Crippen LogP contribution >= 0.6 is 11.6 Å². The Labute approximate surface area is 179 Å². The highest BCUT2D eigenvalue weighted by Gasteiger charge is 2.22. The molecule has 0 spiro atoms. The van der Waals surface area contributed by atoms with E-state index in [4.69, 9.17) is 22.1 Å². The number of aryl methyl sites for hydroxylation is 3. The van der Waals surface area contributed by atoms with Crippen molar-refractivity contribution in [3.63, 3.8) is 0 Å². The third kappa shape index (κ3) is 6.93. The molecule has 4 nitrogen and oxygen atoms in total. The second-order valence-electron chi connectivity index (χ2n) is 7.88. The van der Waals surface area contributed by atoms with E-state index in [1.165, 1.54) is 16.7 Å². The SMILES string of the molecule is CCC(N)(CO)COCc1ccc(C(=O)CCCc2ccc(C)cc2C)cc1Cl. The number of ketones is 1. The second-order valence-corrected chi connectivity index (χ2v) is 8.29. The number of halogens is 1. The van der Waals surface area contributed by atoms with Gasteiger partial charge in [0.1, 0.15) is 0 Å². The average Bonchev–Trinajstić information content (AvgIpc) is 2.70. The molecule has 0 saturated carbocycles. The van der Waals surface area contributed by atoms with Gasteiger partial charge >= 0.3 is 0 Å². The van der Waals surface area contributed by atoms with E-state index in [9.17, 15) is 9.90 Å². The van der Waals surface area contributed by atoms with Gasteiger partial charge in [-0.1, -0.05) is 54.4 Å². The molecule has 5 heteroatoms. The van der Waals surface area contributed by atoms with Crippen molar-refractivity contribution < 1.29 is 14.6 Å². The Kier molecular flexibility index (Phi) is 8.84. The number of Topliss-reactive ketones (excluding diaryl/α,β-unsaturated/α-hetero) is 1. The molecule has 1 unspecified atom stereocenters. The minimum Gasteiger partial charge on any atom is -0.394 e. The summed E-state index contributed by atoms with van der Waals surface area (Å²) in [5.74, 6) is 0.0939. The fourth-order valence-corrected chi connectivity index (χ4v) is 3.41. The zero-order chi connectivity index (χ0) is 21.4. The molecular formula is C24H32ClNO3. The monoisotopic (exact) mass is 417 g/mol. The van der Waals surface area contributed by atoms with Gasteiger partial charge in [-0.25, -0.2) is 0 Å². The molecule has 1 atom stereocenters. The van der Waals surface area contributed by atoms with E-state index in [2.05, 4.69) is 32.0 Å². The van der Waals surface area contributed by atoms with Crippen LogP contribution in [0.1, 0.15) is 58.8 Å². The Morgan fingerprint density at radius 2 is 1.90 bits per heavy atom. The first kappa shape index (κ1) is 23.6. The lowest BCUT2D eigenvalue weighted by Gasteiger charge is -2.25. The van der Waals surface area contributed by atoms with Crippen molar-refractivity contribution in [2.45, 2.75) is 58.6 Å². The van der Waals surface area contributed by atoms with Crippen LogP contribution in [-0.2, 0) is 17.8 Å². The first-order valence-corrected chi connectivity index (χ1v) is 10.5. The number of ether oxygens (including phenoxy) is 1. The number of nitrogens with two attached hydrogens (primary N) is 1. The summed E-state index contributed by atoms with van der Waals surface area (Å²) in [4.78, 5) is 12.5. The van der Waals surface area contributed by atoms with Crippen LogP contribution < -0.4 is 5.73 Å². The summed E-state index contributed by atoms with van der Waals surface area (Å²) in [5.41, 5.74) is 10.5. The summed E-state index contributed by atoms with van der Waals surface area (Å²) >= 11 is 6.34. The predicted octanol–water partition coefficient (Wildman–Crippen LogP) is 4.78. The lowest BCUT2D eigenvalue weighted by Crippen LogP contribution is -2.47. The fraction of sp³-hybridized carbons (Fsp3) is 0.458. The second kappa shape index (κ2) is 10.9. The Bertz CT molecular complexity index is 831. The average molecular weight is 418 g/mol. The van der Waals surface area contributed by atoms with E-state index in [0.29, 0.717) is 30.0 Å². The molecule has 0 radical (unpaired) electrons. The van der Waals surface area contributed by atoms with Crippen molar-refractivity contribution in [2.75, 3.05) is 13.2 Å². The van der Waals surface area contributed by atoms with E-state index >= 15 is 0 Å². The van der Waals surface area contributed by atoms with Crippen molar-refractivity contribution in [2.24, 2.45) is 5.73 Å². The van der Waals surface area contributed by atoms with Gasteiger partial charge < -0.3 is 15.6 Å². The van der Waals surface area contributed by atoms with Gasteiger partial charge in [0.15, 0.2) is 5.78 Å². The summed E-state index contributed by atoms with van der Waals surface area (Å²) < 4.78 is 5.63. The molecule has 0 aromatic heterocycles. The third-order valence-corrected chi connectivity index (χ3v) is 5.74. The van der Waals surface area contributed by atoms with Gasteiger partial charge in [0.25, 0.3) is 0 Å². The van der Waals surface area contributed by atoms with Gasteiger partial charge in [-0.05, 0) is 55.9 Å². The highest BCUT2D eigenvalue weighted by Crippen LogP contribution is 2.21. The summed E-state index contributed by atoms with van der Waals surface area (Å²) in [6, 6.07) is 11.8. The van der Waals surface area contributed by atoms with Crippen LogP contribution in [0, 0.1) is 13.8 Å². The molecule has 29 heavy (non-hydrogen) atoms. The first-order valence-electron chi connectivity index (χ1n) is 10.1. The summed E-state index contributed by atoms with van der Waals surface area (Å²) in [6.45, 7) is 6.51. The number of carbonyl (C=O) groups is 1. The normalized spacial score (nSPS) is 13.3. The molecule has 3 N–H and O–H groups in total. The lowest BCUT2D eigenvalue weighted by atomic mass is 9.98. The van der Waals surface area contributed by atoms with E-state index in [-0.39, 0.29) is 19.0 Å². The van der Waals surface area contributed by atoms with Crippen molar-refractivity contribution in [1.29, 1.82) is 0 Å². The van der Waals surface area contributed by atoms with E-state index < -0.39 is 5.54 Å². The highest BCUT2D eigenvalue weighted by molar-refractivity contribution is 6.31. The largest absolute Gasteiger partial charge is 0.394 e. The molecular weight excluding hydrogens is 386 g/mol. The first-order chi connectivity index (χ1) is 13.8. The number of hydrogen-bond donors (Lipinski definition) is 2. The van der Waals surface area contributed by atoms with Crippen LogP contribution in [0.15, 0.2) is 36.4 Å². The van der Waals surface area contributed by atoms with Crippen molar-refractivity contribution in [3.05, 3.63) is 69.2 Å². The zero-order valence-electron chi connectivity index (χ0n) is 17.6. The number of benzene rings is 2. The van der Waals surface area contributed by atoms with Crippen molar-refractivity contribution in [1.82, 2.24) is 0 Å². The molecule has 0 aliphatic carbocycles. The Morgan fingerprint density at radius 3 is 2.52 bits per heavy atom. The van der Waals surface area contributed by atoms with Gasteiger partial charge in [-0.3, -0.25) is 4.79 Å². The molecule has 0 fully saturated rings. The number of aliphatic hydroxyl groups excluding tert-OH is 1. The summed E-state index contributed by atoms with van der Waals surface area (Å²) in [6.07, 6.45) is 2.80. The highest BCUT2D eigenvalue weighted by atomic mass is 35.5. The summed E-state index contributed by atoms with van der Waals surface area (Å²) in [5, 5.41) is 9.84. The smallest absolute Gasteiger partial charge is 0.162 e. The van der Waals surface area contributed by atoms with Crippen LogP contribution in [0.2, 0.25) is 5.02 Å². The van der Waals surface area contributed by atoms with E-state index in [1.54, 1.807) is 12.1 Å². The molecule has 2 aromatic carbocycles. The maximum atomic E-state index is 12.5. The van der Waals surface area contributed by atoms with Crippen LogP contribution in [0.5, 0.6) is 0 Å².